The lowest BCUT2D eigenvalue weighted by Crippen LogP contribution is -2.15. The summed E-state index contributed by atoms with van der Waals surface area (Å²) in [4.78, 5) is 3.90. The highest BCUT2D eigenvalue weighted by Crippen LogP contribution is 2.09. The van der Waals surface area contributed by atoms with E-state index in [0.717, 1.165) is 5.56 Å². The molecule has 0 radical (unpaired) electrons. The van der Waals surface area contributed by atoms with E-state index in [2.05, 4.69) is 25.8 Å². The normalized spacial score (nSPS) is 12.5. The summed E-state index contributed by atoms with van der Waals surface area (Å²) >= 11 is 0. The van der Waals surface area contributed by atoms with Crippen LogP contribution in [0, 0.1) is 17.2 Å². The molecule has 0 fully saturated rings. The molecule has 1 rings (SSSR count). The number of nitriles is 1. The molecule has 1 atom stereocenters. The first-order chi connectivity index (χ1) is 7.13. The molecule has 0 aliphatic carbocycles. The quantitative estimate of drug-likeness (QED) is 0.757. The fraction of sp³-hybridized carbons (Fsp3) is 0.500. The summed E-state index contributed by atoms with van der Waals surface area (Å²) in [7, 11) is 0. The van der Waals surface area contributed by atoms with Gasteiger partial charge in [0.15, 0.2) is 0 Å². The summed E-state index contributed by atoms with van der Waals surface area (Å²) in [6.45, 7) is 6.84. The molecule has 0 N–H and O–H groups in total. The van der Waals surface area contributed by atoms with Gasteiger partial charge in [-0.1, -0.05) is 13.8 Å². The minimum Gasteiger partial charge on any atom is -0.374 e. The van der Waals surface area contributed by atoms with E-state index in [1.807, 2.05) is 12.1 Å². The van der Waals surface area contributed by atoms with Gasteiger partial charge in [0.1, 0.15) is 11.8 Å². The van der Waals surface area contributed by atoms with E-state index in [1.165, 1.54) is 0 Å². The second kappa shape index (κ2) is 5.47. The Labute approximate surface area is 90.7 Å². The Balaban J connectivity index is 2.55. The van der Waals surface area contributed by atoms with Crippen LogP contribution >= 0.6 is 0 Å². The second-order valence-corrected chi connectivity index (χ2v) is 3.92. The molecule has 0 saturated heterocycles. The molecule has 0 aliphatic heterocycles. The third-order valence-electron chi connectivity index (χ3n) is 2.39. The molecular weight excluding hydrogens is 188 g/mol. The lowest BCUT2D eigenvalue weighted by atomic mass is 10.1. The number of rotatable bonds is 4. The lowest BCUT2D eigenvalue weighted by Gasteiger charge is -2.16. The number of aromatic nitrogens is 1. The van der Waals surface area contributed by atoms with Crippen LogP contribution in [0.5, 0.6) is 0 Å². The number of nitrogens with zero attached hydrogens (tertiary/aromatic N) is 2. The molecule has 80 valence electrons. The van der Waals surface area contributed by atoms with Crippen molar-refractivity contribution in [3.63, 3.8) is 0 Å². The SMILES string of the molecule is CC(C)C(C)OCc1ccnc(C#N)c1. The molecule has 0 aromatic carbocycles. The Morgan fingerprint density at radius 2 is 2.20 bits per heavy atom. The summed E-state index contributed by atoms with van der Waals surface area (Å²) < 4.78 is 5.65. The lowest BCUT2D eigenvalue weighted by molar-refractivity contribution is 0.0235. The maximum Gasteiger partial charge on any atom is 0.140 e. The van der Waals surface area contributed by atoms with Gasteiger partial charge in [0.05, 0.1) is 12.7 Å². The predicted molar refractivity (Wildman–Crippen MR) is 58.0 cm³/mol. The van der Waals surface area contributed by atoms with Crippen LogP contribution in [0.25, 0.3) is 0 Å². The van der Waals surface area contributed by atoms with Crippen molar-refractivity contribution in [1.29, 1.82) is 5.26 Å². The fourth-order valence-corrected chi connectivity index (χ4v) is 1.05. The first-order valence-electron chi connectivity index (χ1n) is 5.10. The second-order valence-electron chi connectivity index (χ2n) is 3.92. The average molecular weight is 204 g/mol. The van der Waals surface area contributed by atoms with E-state index in [4.69, 9.17) is 10.00 Å². The summed E-state index contributed by atoms with van der Waals surface area (Å²) in [5.41, 5.74) is 1.43. The van der Waals surface area contributed by atoms with Crippen molar-refractivity contribution >= 4 is 0 Å². The first kappa shape index (κ1) is 11.7. The Kier molecular flexibility index (Phi) is 4.26. The van der Waals surface area contributed by atoms with E-state index in [0.29, 0.717) is 18.2 Å². The van der Waals surface area contributed by atoms with Crippen molar-refractivity contribution in [2.45, 2.75) is 33.5 Å². The van der Waals surface area contributed by atoms with Gasteiger partial charge >= 0.3 is 0 Å². The van der Waals surface area contributed by atoms with Crippen LogP contribution in [0.2, 0.25) is 0 Å². The molecule has 0 saturated carbocycles. The van der Waals surface area contributed by atoms with Crippen molar-refractivity contribution in [3.05, 3.63) is 29.6 Å². The van der Waals surface area contributed by atoms with Gasteiger partial charge in [0, 0.05) is 6.20 Å². The maximum absolute atomic E-state index is 8.67. The molecule has 0 amide bonds. The maximum atomic E-state index is 8.67. The van der Waals surface area contributed by atoms with E-state index in [9.17, 15) is 0 Å². The predicted octanol–water partition coefficient (Wildman–Crippen LogP) is 2.51. The van der Waals surface area contributed by atoms with Gasteiger partial charge in [-0.25, -0.2) is 4.98 Å². The monoisotopic (exact) mass is 204 g/mol. The van der Waals surface area contributed by atoms with Gasteiger partial charge in [-0.15, -0.1) is 0 Å². The fourth-order valence-electron chi connectivity index (χ4n) is 1.05. The van der Waals surface area contributed by atoms with Crippen LogP contribution < -0.4 is 0 Å². The molecule has 1 unspecified atom stereocenters. The van der Waals surface area contributed by atoms with E-state index in [1.54, 1.807) is 12.3 Å². The van der Waals surface area contributed by atoms with Crippen molar-refractivity contribution < 1.29 is 4.74 Å². The van der Waals surface area contributed by atoms with Crippen molar-refractivity contribution in [2.24, 2.45) is 5.92 Å². The van der Waals surface area contributed by atoms with Gasteiger partial charge in [0.2, 0.25) is 0 Å². The van der Waals surface area contributed by atoms with Gasteiger partial charge in [-0.3, -0.25) is 0 Å². The highest BCUT2D eigenvalue weighted by atomic mass is 16.5. The van der Waals surface area contributed by atoms with Crippen LogP contribution in [0.15, 0.2) is 18.3 Å². The van der Waals surface area contributed by atoms with Gasteiger partial charge in [-0.2, -0.15) is 5.26 Å². The van der Waals surface area contributed by atoms with Gasteiger partial charge < -0.3 is 4.74 Å². The summed E-state index contributed by atoms with van der Waals surface area (Å²) in [6.07, 6.45) is 1.86. The Morgan fingerprint density at radius 1 is 1.47 bits per heavy atom. The molecule has 1 heterocycles. The Morgan fingerprint density at radius 3 is 2.80 bits per heavy atom. The zero-order chi connectivity index (χ0) is 11.3. The molecular formula is C12H16N2O. The van der Waals surface area contributed by atoms with Crippen LogP contribution in [-0.2, 0) is 11.3 Å². The summed E-state index contributed by atoms with van der Waals surface area (Å²) in [6, 6.07) is 5.64. The number of hydrogen-bond acceptors (Lipinski definition) is 3. The third kappa shape index (κ3) is 3.69. The molecule has 0 bridgehead atoms. The van der Waals surface area contributed by atoms with E-state index in [-0.39, 0.29) is 6.10 Å². The number of pyridine rings is 1. The van der Waals surface area contributed by atoms with Crippen molar-refractivity contribution in [2.75, 3.05) is 0 Å². The molecule has 0 spiro atoms. The standard InChI is InChI=1S/C12H16N2O/c1-9(2)10(3)15-8-11-4-5-14-12(6-11)7-13/h4-6,9-10H,8H2,1-3H3. The summed E-state index contributed by atoms with van der Waals surface area (Å²) in [5.74, 6) is 0.502. The van der Waals surface area contributed by atoms with Crippen LogP contribution in [0.3, 0.4) is 0 Å². The van der Waals surface area contributed by atoms with E-state index >= 15 is 0 Å². The molecule has 0 aliphatic rings. The zero-order valence-electron chi connectivity index (χ0n) is 9.40. The molecule has 1 aromatic heterocycles. The zero-order valence-corrected chi connectivity index (χ0v) is 9.40. The smallest absolute Gasteiger partial charge is 0.140 e. The number of hydrogen-bond donors (Lipinski definition) is 0. The minimum absolute atomic E-state index is 0.226. The van der Waals surface area contributed by atoms with Crippen molar-refractivity contribution in [3.8, 4) is 6.07 Å². The highest BCUT2D eigenvalue weighted by molar-refractivity contribution is 5.24. The van der Waals surface area contributed by atoms with Crippen LogP contribution in [0.4, 0.5) is 0 Å². The van der Waals surface area contributed by atoms with Crippen molar-refractivity contribution in [1.82, 2.24) is 4.98 Å². The highest BCUT2D eigenvalue weighted by Gasteiger charge is 2.07. The minimum atomic E-state index is 0.226. The van der Waals surface area contributed by atoms with Crippen LogP contribution in [0.1, 0.15) is 32.0 Å². The average Bonchev–Trinajstić information content (AvgIpc) is 2.26. The van der Waals surface area contributed by atoms with Gasteiger partial charge in [-0.05, 0) is 30.5 Å². The molecule has 15 heavy (non-hydrogen) atoms. The Bertz CT molecular complexity index is 355. The Hall–Kier alpha value is -1.40. The molecule has 3 nitrogen and oxygen atoms in total. The molecule has 3 heteroatoms. The first-order valence-corrected chi connectivity index (χ1v) is 5.10. The largest absolute Gasteiger partial charge is 0.374 e. The topological polar surface area (TPSA) is 45.9 Å². The van der Waals surface area contributed by atoms with Gasteiger partial charge in [0.25, 0.3) is 0 Å². The van der Waals surface area contributed by atoms with Crippen LogP contribution in [-0.4, -0.2) is 11.1 Å². The summed E-state index contributed by atoms with van der Waals surface area (Å²) in [5, 5.41) is 8.67. The third-order valence-corrected chi connectivity index (χ3v) is 2.39. The number of ether oxygens (including phenoxy) is 1. The van der Waals surface area contributed by atoms with E-state index < -0.39 is 0 Å². The molecule has 1 aromatic rings.